The van der Waals surface area contributed by atoms with Crippen LogP contribution in [0.5, 0.6) is 0 Å². The Bertz CT molecular complexity index is 590. The molecule has 0 fully saturated rings. The van der Waals surface area contributed by atoms with Crippen molar-refractivity contribution in [3.05, 3.63) is 29.3 Å². The van der Waals surface area contributed by atoms with Crippen LogP contribution in [0.15, 0.2) is 24.3 Å². The van der Waals surface area contributed by atoms with Gasteiger partial charge in [0, 0.05) is 19.0 Å². The molecule has 0 radical (unpaired) electrons. The van der Waals surface area contributed by atoms with Gasteiger partial charge in [-0.3, -0.25) is 4.79 Å². The van der Waals surface area contributed by atoms with Crippen molar-refractivity contribution in [2.24, 2.45) is 0 Å². The number of carbonyl (C=O) groups excluding carboxylic acids is 1. The fraction of sp³-hybridized carbons (Fsp3) is 0.500. The number of para-hydroxylation sites is 1. The second-order valence-electron chi connectivity index (χ2n) is 4.91. The molecule has 5 nitrogen and oxygen atoms in total. The number of nitrogens with one attached hydrogen (secondary N) is 1. The van der Waals surface area contributed by atoms with Crippen LogP contribution in [0, 0.1) is 0 Å². The second kappa shape index (κ2) is 7.77. The Kier molecular flexibility index (Phi) is 6.64. The lowest BCUT2D eigenvalue weighted by atomic mass is 10.2. The Morgan fingerprint density at radius 2 is 2.00 bits per heavy atom. The van der Waals surface area contributed by atoms with Gasteiger partial charge in [0.05, 0.1) is 17.0 Å². The van der Waals surface area contributed by atoms with Crippen LogP contribution < -0.4 is 5.32 Å². The van der Waals surface area contributed by atoms with Crippen molar-refractivity contribution in [2.75, 3.05) is 18.1 Å². The summed E-state index contributed by atoms with van der Waals surface area (Å²) < 4.78 is 24.8. The fourth-order valence-corrected chi connectivity index (χ4v) is 3.31. The van der Waals surface area contributed by atoms with E-state index in [4.69, 9.17) is 11.6 Å². The topological polar surface area (TPSA) is 66.5 Å². The molecular formula is C14H21ClN2O3S. The summed E-state index contributed by atoms with van der Waals surface area (Å²) in [4.78, 5) is 11.9. The highest BCUT2D eigenvalue weighted by Gasteiger charge is 2.22. The summed E-state index contributed by atoms with van der Waals surface area (Å²) in [7, 11) is -3.33. The van der Waals surface area contributed by atoms with Gasteiger partial charge in [-0.25, -0.2) is 8.42 Å². The minimum atomic E-state index is -3.33. The number of halogens is 1. The first kappa shape index (κ1) is 17.9. The van der Waals surface area contributed by atoms with E-state index in [2.05, 4.69) is 5.32 Å². The predicted molar refractivity (Wildman–Crippen MR) is 86.0 cm³/mol. The summed E-state index contributed by atoms with van der Waals surface area (Å²) in [5, 5.41) is 3.13. The quantitative estimate of drug-likeness (QED) is 0.834. The summed E-state index contributed by atoms with van der Waals surface area (Å²) in [6, 6.07) is 6.78. The van der Waals surface area contributed by atoms with E-state index in [0.717, 1.165) is 6.26 Å². The Hall–Kier alpha value is -1.11. The number of carbonyl (C=O) groups is 1. The van der Waals surface area contributed by atoms with Crippen LogP contribution in [0.4, 0.5) is 5.69 Å². The molecule has 0 aromatic heterocycles. The summed E-state index contributed by atoms with van der Waals surface area (Å²) in [5.74, 6) is -0.264. The van der Waals surface area contributed by atoms with Gasteiger partial charge in [-0.05, 0) is 25.5 Å². The first-order valence-corrected chi connectivity index (χ1v) is 8.99. The molecule has 1 N–H and O–H groups in total. The highest BCUT2D eigenvalue weighted by atomic mass is 35.5. The van der Waals surface area contributed by atoms with Crippen molar-refractivity contribution in [1.29, 1.82) is 0 Å². The van der Waals surface area contributed by atoms with Crippen LogP contribution in [-0.2, 0) is 14.8 Å². The van der Waals surface area contributed by atoms with Crippen molar-refractivity contribution in [3.8, 4) is 0 Å². The monoisotopic (exact) mass is 332 g/mol. The first-order chi connectivity index (χ1) is 9.75. The maximum atomic E-state index is 11.9. The van der Waals surface area contributed by atoms with E-state index in [9.17, 15) is 13.2 Å². The lowest BCUT2D eigenvalue weighted by Gasteiger charge is -2.25. The van der Waals surface area contributed by atoms with Crippen LogP contribution >= 0.6 is 11.6 Å². The number of anilines is 1. The molecule has 0 spiro atoms. The smallest absolute Gasteiger partial charge is 0.225 e. The Morgan fingerprint density at radius 3 is 2.52 bits per heavy atom. The molecule has 1 rings (SSSR count). The Morgan fingerprint density at radius 1 is 1.38 bits per heavy atom. The zero-order valence-corrected chi connectivity index (χ0v) is 14.0. The molecule has 1 atom stereocenters. The molecule has 1 aromatic carbocycles. The van der Waals surface area contributed by atoms with Crippen LogP contribution in [-0.4, -0.2) is 37.5 Å². The predicted octanol–water partition coefficient (Wildman–Crippen LogP) is 2.73. The van der Waals surface area contributed by atoms with E-state index in [0.29, 0.717) is 17.1 Å². The highest BCUT2D eigenvalue weighted by Crippen LogP contribution is 2.20. The van der Waals surface area contributed by atoms with E-state index in [-0.39, 0.29) is 24.9 Å². The number of benzene rings is 1. The van der Waals surface area contributed by atoms with E-state index in [1.165, 1.54) is 4.31 Å². The van der Waals surface area contributed by atoms with Gasteiger partial charge in [-0.15, -0.1) is 0 Å². The van der Waals surface area contributed by atoms with Crippen LogP contribution in [0.25, 0.3) is 0 Å². The molecule has 7 heteroatoms. The molecule has 1 aromatic rings. The van der Waals surface area contributed by atoms with E-state index in [1.807, 2.05) is 13.8 Å². The van der Waals surface area contributed by atoms with Crippen LogP contribution in [0.3, 0.4) is 0 Å². The third-order valence-corrected chi connectivity index (χ3v) is 4.94. The van der Waals surface area contributed by atoms with Crippen molar-refractivity contribution in [2.45, 2.75) is 32.7 Å². The second-order valence-corrected chi connectivity index (χ2v) is 7.25. The summed E-state index contributed by atoms with van der Waals surface area (Å²) in [6.45, 7) is 3.89. The summed E-state index contributed by atoms with van der Waals surface area (Å²) in [5.41, 5.74) is 0.526. The Labute approximate surface area is 131 Å². The van der Waals surface area contributed by atoms with Crippen molar-refractivity contribution in [1.82, 2.24) is 4.31 Å². The molecule has 0 heterocycles. The maximum absolute atomic E-state index is 11.9. The average Bonchev–Trinajstić information content (AvgIpc) is 2.39. The molecule has 0 aliphatic heterocycles. The minimum Gasteiger partial charge on any atom is -0.325 e. The lowest BCUT2D eigenvalue weighted by Crippen LogP contribution is -2.39. The molecule has 0 saturated carbocycles. The third kappa shape index (κ3) is 5.65. The largest absolute Gasteiger partial charge is 0.325 e. The van der Waals surface area contributed by atoms with Gasteiger partial charge in [0.1, 0.15) is 0 Å². The van der Waals surface area contributed by atoms with Gasteiger partial charge in [0.25, 0.3) is 0 Å². The first-order valence-electron chi connectivity index (χ1n) is 6.77. The SMILES string of the molecule is CCC(C)N(CCC(=O)Nc1ccccc1Cl)S(C)(=O)=O. The average molecular weight is 333 g/mol. The van der Waals surface area contributed by atoms with E-state index in [1.54, 1.807) is 24.3 Å². The van der Waals surface area contributed by atoms with E-state index < -0.39 is 10.0 Å². The molecule has 0 bridgehead atoms. The molecule has 0 aliphatic carbocycles. The van der Waals surface area contributed by atoms with Crippen molar-refractivity contribution >= 4 is 33.2 Å². The fourth-order valence-electron chi connectivity index (χ4n) is 1.90. The summed E-state index contributed by atoms with van der Waals surface area (Å²) in [6.07, 6.45) is 1.94. The summed E-state index contributed by atoms with van der Waals surface area (Å²) >= 11 is 5.96. The number of rotatable bonds is 7. The molecule has 1 amide bonds. The normalized spacial score (nSPS) is 13.2. The zero-order valence-electron chi connectivity index (χ0n) is 12.5. The number of amides is 1. The van der Waals surface area contributed by atoms with E-state index >= 15 is 0 Å². The van der Waals surface area contributed by atoms with Gasteiger partial charge in [0.15, 0.2) is 0 Å². The standard InChI is InChI=1S/C14H21ClN2O3S/c1-4-11(2)17(21(3,19)20)10-9-14(18)16-13-8-6-5-7-12(13)15/h5-8,11H,4,9-10H2,1-3H3,(H,16,18). The third-order valence-electron chi connectivity index (χ3n) is 3.22. The molecular weight excluding hydrogens is 312 g/mol. The Balaban J connectivity index is 2.65. The van der Waals surface area contributed by atoms with Gasteiger partial charge < -0.3 is 5.32 Å². The highest BCUT2D eigenvalue weighted by molar-refractivity contribution is 7.88. The van der Waals surface area contributed by atoms with Crippen LogP contribution in [0.2, 0.25) is 5.02 Å². The van der Waals surface area contributed by atoms with Crippen molar-refractivity contribution in [3.63, 3.8) is 0 Å². The van der Waals surface area contributed by atoms with Gasteiger partial charge in [-0.2, -0.15) is 4.31 Å². The number of hydrogen-bond donors (Lipinski definition) is 1. The zero-order chi connectivity index (χ0) is 16.0. The molecule has 118 valence electrons. The molecule has 0 aliphatic rings. The number of sulfonamides is 1. The number of hydrogen-bond acceptors (Lipinski definition) is 3. The molecule has 1 unspecified atom stereocenters. The van der Waals surface area contributed by atoms with Gasteiger partial charge in [-0.1, -0.05) is 30.7 Å². The maximum Gasteiger partial charge on any atom is 0.225 e. The van der Waals surface area contributed by atoms with Gasteiger partial charge >= 0.3 is 0 Å². The molecule has 21 heavy (non-hydrogen) atoms. The van der Waals surface area contributed by atoms with Crippen molar-refractivity contribution < 1.29 is 13.2 Å². The number of nitrogens with zero attached hydrogens (tertiary/aromatic N) is 1. The van der Waals surface area contributed by atoms with Crippen LogP contribution in [0.1, 0.15) is 26.7 Å². The van der Waals surface area contributed by atoms with Gasteiger partial charge in [0.2, 0.25) is 15.9 Å². The minimum absolute atomic E-state index is 0.0859. The molecule has 0 saturated heterocycles. The lowest BCUT2D eigenvalue weighted by molar-refractivity contribution is -0.116.